The quantitative estimate of drug-likeness (QED) is 0.868. The van der Waals surface area contributed by atoms with Gasteiger partial charge in [-0.1, -0.05) is 25.0 Å². The van der Waals surface area contributed by atoms with Crippen molar-refractivity contribution in [2.75, 3.05) is 20.6 Å². The van der Waals surface area contributed by atoms with Crippen LogP contribution in [0.4, 0.5) is 0 Å². The molecule has 1 aromatic rings. The lowest BCUT2D eigenvalue weighted by atomic mass is 9.71. The zero-order valence-electron chi connectivity index (χ0n) is 16.7. The van der Waals surface area contributed by atoms with E-state index in [-0.39, 0.29) is 24.2 Å². The van der Waals surface area contributed by atoms with E-state index in [0.717, 1.165) is 0 Å². The Morgan fingerprint density at radius 1 is 1.61 bits per heavy atom. The number of benzene rings is 1. The zero-order chi connectivity index (χ0) is 18.4. The van der Waals surface area contributed by atoms with Gasteiger partial charge in [-0.25, -0.2) is 0 Å². The van der Waals surface area contributed by atoms with Gasteiger partial charge in [-0.15, -0.1) is 0 Å². The van der Waals surface area contributed by atoms with Gasteiger partial charge in [0.05, 0.1) is 5.60 Å². The molecule has 0 amide bonds. The highest BCUT2D eigenvalue weighted by molar-refractivity contribution is 5.32. The first-order valence-electron chi connectivity index (χ1n) is 8.98. The minimum Gasteiger partial charge on any atom is -0.508 e. The third-order valence-electron chi connectivity index (χ3n) is 3.03. The van der Waals surface area contributed by atoms with Crippen LogP contribution >= 0.6 is 0 Å². The summed E-state index contributed by atoms with van der Waals surface area (Å²) in [6, 6.07) is 5.71. The summed E-state index contributed by atoms with van der Waals surface area (Å²) in [7, 11) is 2.93. The second kappa shape index (κ2) is 5.29. The Labute approximate surface area is 118 Å². The van der Waals surface area contributed by atoms with Crippen LogP contribution in [0.2, 0.25) is 0 Å². The van der Waals surface area contributed by atoms with Gasteiger partial charge in [0, 0.05) is 19.2 Å². The molecule has 1 fully saturated rings. The van der Waals surface area contributed by atoms with Gasteiger partial charge in [-0.05, 0) is 44.6 Å². The van der Waals surface area contributed by atoms with Gasteiger partial charge in [-0.3, -0.25) is 0 Å². The van der Waals surface area contributed by atoms with Crippen molar-refractivity contribution in [1.29, 1.82) is 1.43 Å². The monoisotopic (exact) mass is 255 g/mol. The molecule has 0 bridgehead atoms. The minimum atomic E-state index is -2.40. The molecule has 0 heterocycles. The molecule has 2 N–H and O–H groups in total. The highest BCUT2D eigenvalue weighted by Crippen LogP contribution is 2.42. The zero-order valence-corrected chi connectivity index (χ0v) is 10.7. The van der Waals surface area contributed by atoms with Crippen molar-refractivity contribution in [2.45, 2.75) is 31.2 Å². The molecule has 1 aliphatic carbocycles. The average Bonchev–Trinajstić information content (AvgIpc) is 2.52. The van der Waals surface area contributed by atoms with Crippen LogP contribution in [0.25, 0.3) is 0 Å². The minimum absolute atomic E-state index is 0.000149. The fourth-order valence-corrected chi connectivity index (χ4v) is 2.23. The van der Waals surface area contributed by atoms with Crippen LogP contribution in [0.1, 0.15) is 38.1 Å². The van der Waals surface area contributed by atoms with Gasteiger partial charge in [0.15, 0.2) is 0 Å². The molecule has 2 atom stereocenters. The van der Waals surface area contributed by atoms with Crippen LogP contribution in [0, 0.1) is 5.89 Å². The van der Waals surface area contributed by atoms with Gasteiger partial charge in [-0.2, -0.15) is 0 Å². The third-order valence-corrected chi connectivity index (χ3v) is 3.03. The highest BCUT2D eigenvalue weighted by atomic mass is 16.3. The normalized spacial score (nSPS) is 40.9. The van der Waals surface area contributed by atoms with E-state index in [1.165, 1.54) is 43.3 Å². The Kier molecular flexibility index (Phi) is 2.21. The summed E-state index contributed by atoms with van der Waals surface area (Å²) in [5, 5.41) is 15.9. The van der Waals surface area contributed by atoms with E-state index >= 15 is 0 Å². The lowest BCUT2D eigenvalue weighted by Gasteiger charge is -2.41. The van der Waals surface area contributed by atoms with Crippen LogP contribution < -0.4 is 0 Å². The highest BCUT2D eigenvalue weighted by Gasteiger charge is 2.40. The Morgan fingerprint density at radius 2 is 2.44 bits per heavy atom. The van der Waals surface area contributed by atoms with Gasteiger partial charge in [0.1, 0.15) is 5.75 Å². The maximum absolute atomic E-state index is 11.4. The van der Waals surface area contributed by atoms with E-state index in [2.05, 4.69) is 5.11 Å². The first-order valence-corrected chi connectivity index (χ1v) is 6.07. The Hall–Kier alpha value is -1.06. The van der Waals surface area contributed by atoms with Crippen LogP contribution in [0.5, 0.6) is 5.75 Å². The number of aromatic hydroxyl groups is 1. The molecular weight excluding hydrogens is 226 g/mol. The molecule has 3 nitrogen and oxygen atoms in total. The molecule has 1 aliphatic rings. The summed E-state index contributed by atoms with van der Waals surface area (Å²) in [6.07, 6.45) is -1.91. The fraction of sp³-hybridized carbons (Fsp3) is 0.600. The summed E-state index contributed by atoms with van der Waals surface area (Å²) in [5.41, 5.74) is -2.36. The number of rotatable bonds is 4. The SMILES string of the molecule is [2H]Oc1cccc([C@]2(O)C([2H])([2H])CCC[C@@]2([2H])C([2H])([2H])N(C)C)c1. The number of nitrogens with zero attached hydrogens (tertiary/aromatic N) is 1. The lowest BCUT2D eigenvalue weighted by molar-refractivity contribution is -0.0619. The smallest absolute Gasteiger partial charge is 0.293 e. The predicted molar refractivity (Wildman–Crippen MR) is 72.5 cm³/mol. The Balaban J connectivity index is 2.74. The molecule has 1 saturated carbocycles. The summed E-state index contributed by atoms with van der Waals surface area (Å²) in [5.74, 6) is -2.05. The van der Waals surface area contributed by atoms with Crippen molar-refractivity contribution in [3.05, 3.63) is 29.8 Å². The lowest BCUT2D eigenvalue weighted by Crippen LogP contribution is -2.43. The van der Waals surface area contributed by atoms with Crippen LogP contribution in [-0.2, 0) is 5.60 Å². The number of hydrogen-bond acceptors (Lipinski definition) is 3. The topological polar surface area (TPSA) is 43.7 Å². The number of aliphatic hydroxyl groups is 1. The standard InChI is InChI=1S/C15H23NO2/c1-16(2)11-13-6-3-4-9-15(13,18)12-7-5-8-14(17)10-12/h5,7-8,10,13,17-18H,3-4,6,9,11H2,1-2H3/t13-,15+/m0/s1/i9D2,11D2,13D/hD. The van der Waals surface area contributed by atoms with Crippen molar-refractivity contribution in [1.82, 2.24) is 4.90 Å². The van der Waals surface area contributed by atoms with Crippen molar-refractivity contribution in [3.8, 4) is 5.75 Å². The summed E-state index contributed by atoms with van der Waals surface area (Å²) in [4.78, 5) is 1.19. The first-order chi connectivity index (χ1) is 10.9. The molecule has 0 unspecified atom stereocenters. The number of phenols is 1. The first kappa shape index (κ1) is 7.51. The number of hydrogen-bond donors (Lipinski definition) is 2. The molecule has 0 saturated heterocycles. The van der Waals surface area contributed by atoms with Crippen LogP contribution in [-0.4, -0.2) is 37.1 Å². The van der Waals surface area contributed by atoms with Crippen LogP contribution in [0.3, 0.4) is 0 Å². The van der Waals surface area contributed by atoms with Crippen molar-refractivity contribution in [3.63, 3.8) is 0 Å². The van der Waals surface area contributed by atoms with Gasteiger partial charge in [0.2, 0.25) is 0 Å². The van der Waals surface area contributed by atoms with Gasteiger partial charge >= 0.3 is 0 Å². The molecule has 3 heteroatoms. The molecule has 2 rings (SSSR count). The van der Waals surface area contributed by atoms with Crippen LogP contribution in [0.15, 0.2) is 24.3 Å². The van der Waals surface area contributed by atoms with Crippen molar-refractivity contribution in [2.24, 2.45) is 5.89 Å². The van der Waals surface area contributed by atoms with Gasteiger partial charge < -0.3 is 15.1 Å². The predicted octanol–water partition coefficient (Wildman–Crippen LogP) is 2.33. The molecule has 0 spiro atoms. The number of phenolic OH excluding ortho intramolecular Hbond substituents is 1. The Morgan fingerprint density at radius 3 is 3.17 bits per heavy atom. The summed E-state index contributed by atoms with van der Waals surface area (Å²) in [6.45, 7) is -2.28. The molecule has 0 aliphatic heterocycles. The molecular formula is C15H23NO2. The molecule has 18 heavy (non-hydrogen) atoms. The van der Waals surface area contributed by atoms with Crippen molar-refractivity contribution >= 4 is 0 Å². The summed E-state index contributed by atoms with van der Waals surface area (Å²) < 4.78 is 49.3. The van der Waals surface area contributed by atoms with E-state index in [0.29, 0.717) is 6.42 Å². The third kappa shape index (κ3) is 2.68. The van der Waals surface area contributed by atoms with E-state index in [4.69, 9.17) is 8.28 Å². The Bertz CT molecular complexity index is 611. The average molecular weight is 255 g/mol. The van der Waals surface area contributed by atoms with E-state index in [1.807, 2.05) is 0 Å². The largest absolute Gasteiger partial charge is 0.508 e. The molecule has 1 aromatic carbocycles. The van der Waals surface area contributed by atoms with Crippen molar-refractivity contribution < 1.29 is 17.1 Å². The maximum atomic E-state index is 11.4. The molecule has 100 valence electrons. The maximum Gasteiger partial charge on any atom is 0.293 e. The fourth-order valence-electron chi connectivity index (χ4n) is 2.23. The molecule has 0 aromatic heterocycles. The van der Waals surface area contributed by atoms with E-state index in [9.17, 15) is 5.11 Å². The van der Waals surface area contributed by atoms with Gasteiger partial charge in [0.25, 0.3) is 1.43 Å². The van der Waals surface area contributed by atoms with E-state index < -0.39 is 24.4 Å². The second-order valence-corrected chi connectivity index (χ2v) is 4.75. The second-order valence-electron chi connectivity index (χ2n) is 4.75. The molecule has 0 radical (unpaired) electrons. The summed E-state index contributed by atoms with van der Waals surface area (Å²) >= 11 is 0. The van der Waals surface area contributed by atoms with E-state index in [1.54, 1.807) is 0 Å².